The zero-order chi connectivity index (χ0) is 12.3. The fourth-order valence-corrected chi connectivity index (χ4v) is 1.86. The van der Waals surface area contributed by atoms with Crippen LogP contribution in [0.3, 0.4) is 0 Å². The van der Waals surface area contributed by atoms with Gasteiger partial charge in [-0.1, -0.05) is 17.7 Å². The fraction of sp³-hybridized carbons (Fsp3) is 0.231. The van der Waals surface area contributed by atoms with Crippen LogP contribution in [0.1, 0.15) is 12.5 Å². The van der Waals surface area contributed by atoms with Crippen molar-refractivity contribution in [3.63, 3.8) is 0 Å². The Balaban J connectivity index is 2.31. The van der Waals surface area contributed by atoms with Crippen LogP contribution in [0, 0.1) is 0 Å². The molecule has 0 spiro atoms. The van der Waals surface area contributed by atoms with E-state index in [-0.39, 0.29) is 12.4 Å². The first-order chi connectivity index (χ1) is 8.20. The molecule has 0 saturated carbocycles. The van der Waals surface area contributed by atoms with E-state index in [4.69, 9.17) is 16.3 Å². The third kappa shape index (κ3) is 2.74. The molecule has 0 aliphatic carbocycles. The number of rotatable bonds is 3. The van der Waals surface area contributed by atoms with Gasteiger partial charge in [-0.05, 0) is 30.7 Å². The van der Waals surface area contributed by atoms with Crippen LogP contribution in [0.2, 0.25) is 5.02 Å². The molecule has 0 aliphatic rings. The third-order valence-corrected chi connectivity index (χ3v) is 2.71. The smallest absolute Gasteiger partial charge is 0.310 e. The number of pyridine rings is 1. The van der Waals surface area contributed by atoms with Gasteiger partial charge in [0.05, 0.1) is 18.5 Å². The van der Waals surface area contributed by atoms with Gasteiger partial charge in [-0.3, -0.25) is 9.78 Å². The number of fused-ring (bicyclic) bond motifs is 1. The summed E-state index contributed by atoms with van der Waals surface area (Å²) >= 11 is 6.07. The standard InChI is InChI=1S/C13H12ClNO2/c1-2-17-13(16)7-9-6-10-11(14)4-3-5-12(10)15-8-9/h3-6,8H,2,7H2,1H3. The maximum absolute atomic E-state index is 11.4. The van der Waals surface area contributed by atoms with Crippen molar-refractivity contribution in [2.24, 2.45) is 0 Å². The predicted molar refractivity (Wildman–Crippen MR) is 67.1 cm³/mol. The highest BCUT2D eigenvalue weighted by molar-refractivity contribution is 6.35. The average Bonchev–Trinajstić information content (AvgIpc) is 2.30. The summed E-state index contributed by atoms with van der Waals surface area (Å²) in [7, 11) is 0. The number of carbonyl (C=O) groups excluding carboxylic acids is 1. The topological polar surface area (TPSA) is 39.2 Å². The van der Waals surface area contributed by atoms with Crippen LogP contribution < -0.4 is 0 Å². The highest BCUT2D eigenvalue weighted by atomic mass is 35.5. The van der Waals surface area contributed by atoms with Crippen molar-refractivity contribution < 1.29 is 9.53 Å². The van der Waals surface area contributed by atoms with E-state index in [2.05, 4.69) is 4.98 Å². The number of esters is 1. The lowest BCUT2D eigenvalue weighted by Crippen LogP contribution is -2.07. The molecule has 17 heavy (non-hydrogen) atoms. The van der Waals surface area contributed by atoms with Crippen molar-refractivity contribution in [3.05, 3.63) is 41.0 Å². The zero-order valence-corrected chi connectivity index (χ0v) is 10.2. The lowest BCUT2D eigenvalue weighted by Gasteiger charge is -2.04. The Morgan fingerprint density at radius 3 is 3.06 bits per heavy atom. The summed E-state index contributed by atoms with van der Waals surface area (Å²) in [5.74, 6) is -0.249. The van der Waals surface area contributed by atoms with Gasteiger partial charge < -0.3 is 4.74 Å². The normalized spacial score (nSPS) is 10.5. The SMILES string of the molecule is CCOC(=O)Cc1cnc2cccc(Cl)c2c1. The molecule has 0 N–H and O–H groups in total. The largest absolute Gasteiger partial charge is 0.466 e. The average molecular weight is 250 g/mol. The number of ether oxygens (including phenoxy) is 1. The summed E-state index contributed by atoms with van der Waals surface area (Å²) in [5.41, 5.74) is 1.63. The Morgan fingerprint density at radius 1 is 1.47 bits per heavy atom. The second-order valence-corrected chi connectivity index (χ2v) is 4.04. The van der Waals surface area contributed by atoms with Gasteiger partial charge in [0.15, 0.2) is 0 Å². The molecule has 0 saturated heterocycles. The minimum absolute atomic E-state index is 0.224. The molecule has 1 heterocycles. The van der Waals surface area contributed by atoms with Crippen LogP contribution in [0.5, 0.6) is 0 Å². The van der Waals surface area contributed by atoms with Gasteiger partial charge in [-0.15, -0.1) is 0 Å². The minimum Gasteiger partial charge on any atom is -0.466 e. The van der Waals surface area contributed by atoms with Gasteiger partial charge in [0, 0.05) is 16.6 Å². The van der Waals surface area contributed by atoms with E-state index in [0.717, 1.165) is 16.5 Å². The van der Waals surface area contributed by atoms with Crippen LogP contribution >= 0.6 is 11.6 Å². The molecule has 0 aliphatic heterocycles. The summed E-state index contributed by atoms with van der Waals surface area (Å²) < 4.78 is 4.89. The third-order valence-electron chi connectivity index (χ3n) is 2.38. The van der Waals surface area contributed by atoms with Crippen molar-refractivity contribution in [3.8, 4) is 0 Å². The van der Waals surface area contributed by atoms with Crippen LogP contribution in [-0.4, -0.2) is 17.6 Å². The molecule has 0 unspecified atom stereocenters. The van der Waals surface area contributed by atoms with Crippen molar-refractivity contribution in [2.75, 3.05) is 6.61 Å². The number of nitrogens with zero attached hydrogens (tertiary/aromatic N) is 1. The second kappa shape index (κ2) is 5.15. The highest BCUT2D eigenvalue weighted by Gasteiger charge is 2.06. The van der Waals surface area contributed by atoms with Gasteiger partial charge in [-0.25, -0.2) is 0 Å². The molecule has 2 aromatic rings. The molecule has 0 fully saturated rings. The maximum atomic E-state index is 11.4. The van der Waals surface area contributed by atoms with Crippen molar-refractivity contribution in [1.82, 2.24) is 4.98 Å². The first-order valence-electron chi connectivity index (χ1n) is 5.39. The fourth-order valence-electron chi connectivity index (χ4n) is 1.63. The molecule has 88 valence electrons. The van der Waals surface area contributed by atoms with Gasteiger partial charge in [-0.2, -0.15) is 0 Å². The molecule has 4 heteroatoms. The van der Waals surface area contributed by atoms with Crippen molar-refractivity contribution in [2.45, 2.75) is 13.3 Å². The first-order valence-corrected chi connectivity index (χ1v) is 5.77. The van der Waals surface area contributed by atoms with E-state index in [1.165, 1.54) is 0 Å². The lowest BCUT2D eigenvalue weighted by atomic mass is 10.1. The Hall–Kier alpha value is -1.61. The number of hydrogen-bond donors (Lipinski definition) is 0. The summed E-state index contributed by atoms with van der Waals surface area (Å²) in [4.78, 5) is 15.6. The molecule has 3 nitrogen and oxygen atoms in total. The van der Waals surface area contributed by atoms with Crippen LogP contribution in [0.4, 0.5) is 0 Å². The van der Waals surface area contributed by atoms with Gasteiger partial charge in [0.2, 0.25) is 0 Å². The monoisotopic (exact) mass is 249 g/mol. The Bertz CT molecular complexity index is 554. The molecule has 1 aromatic carbocycles. The van der Waals surface area contributed by atoms with E-state index in [1.54, 1.807) is 19.2 Å². The van der Waals surface area contributed by atoms with E-state index < -0.39 is 0 Å². The quantitative estimate of drug-likeness (QED) is 0.785. The van der Waals surface area contributed by atoms with Crippen molar-refractivity contribution >= 4 is 28.5 Å². The summed E-state index contributed by atoms with van der Waals surface area (Å²) in [6, 6.07) is 7.42. The van der Waals surface area contributed by atoms with Crippen LogP contribution in [0.15, 0.2) is 30.5 Å². The lowest BCUT2D eigenvalue weighted by molar-refractivity contribution is -0.142. The molecular weight excluding hydrogens is 238 g/mol. The van der Waals surface area contributed by atoms with Gasteiger partial charge >= 0.3 is 5.97 Å². The Labute approximate surface area is 104 Å². The number of hydrogen-bond acceptors (Lipinski definition) is 3. The summed E-state index contributed by atoms with van der Waals surface area (Å²) in [6.07, 6.45) is 1.90. The first kappa shape index (κ1) is 11.9. The molecule has 0 radical (unpaired) electrons. The number of halogens is 1. The van der Waals surface area contributed by atoms with E-state index in [0.29, 0.717) is 11.6 Å². The number of carbonyl (C=O) groups is 1. The molecule has 0 bridgehead atoms. The Morgan fingerprint density at radius 2 is 2.29 bits per heavy atom. The molecular formula is C13H12ClNO2. The van der Waals surface area contributed by atoms with Crippen LogP contribution in [0.25, 0.3) is 10.9 Å². The highest BCUT2D eigenvalue weighted by Crippen LogP contribution is 2.22. The number of aromatic nitrogens is 1. The minimum atomic E-state index is -0.249. The molecule has 2 rings (SSSR count). The predicted octanol–water partition coefficient (Wildman–Crippen LogP) is 2.99. The van der Waals surface area contributed by atoms with Crippen LogP contribution in [-0.2, 0) is 16.0 Å². The van der Waals surface area contributed by atoms with Crippen molar-refractivity contribution in [1.29, 1.82) is 0 Å². The molecule has 0 amide bonds. The van der Waals surface area contributed by atoms with Gasteiger partial charge in [0.1, 0.15) is 0 Å². The van der Waals surface area contributed by atoms with E-state index in [1.807, 2.05) is 18.2 Å². The van der Waals surface area contributed by atoms with Gasteiger partial charge in [0.25, 0.3) is 0 Å². The van der Waals surface area contributed by atoms with E-state index in [9.17, 15) is 4.79 Å². The summed E-state index contributed by atoms with van der Waals surface area (Å²) in [5, 5.41) is 1.50. The maximum Gasteiger partial charge on any atom is 0.310 e. The zero-order valence-electron chi connectivity index (χ0n) is 9.44. The Kier molecular flexibility index (Phi) is 3.59. The molecule has 0 atom stereocenters. The second-order valence-electron chi connectivity index (χ2n) is 3.63. The summed E-state index contributed by atoms with van der Waals surface area (Å²) in [6.45, 7) is 2.17. The molecule has 1 aromatic heterocycles. The number of benzene rings is 1. The van der Waals surface area contributed by atoms with E-state index >= 15 is 0 Å².